The van der Waals surface area contributed by atoms with Gasteiger partial charge in [-0.1, -0.05) is 18.7 Å². The lowest BCUT2D eigenvalue weighted by molar-refractivity contribution is -0.135. The Labute approximate surface area is 140 Å². The first-order chi connectivity index (χ1) is 11.1. The minimum absolute atomic E-state index is 0.0495. The van der Waals surface area contributed by atoms with E-state index < -0.39 is 27.4 Å². The van der Waals surface area contributed by atoms with Gasteiger partial charge in [0.05, 0.1) is 0 Å². The zero-order valence-electron chi connectivity index (χ0n) is 12.7. The Kier molecular flexibility index (Phi) is 5.75. The minimum atomic E-state index is -4.38. The zero-order valence-corrected chi connectivity index (χ0v) is 14.3. The molecule has 13 heteroatoms. The third-order valence-electron chi connectivity index (χ3n) is 3.45. The number of alkyl halides is 3. The Bertz CT molecular complexity index is 657. The van der Waals surface area contributed by atoms with Crippen LogP contribution in [0.1, 0.15) is 6.92 Å². The highest BCUT2D eigenvalue weighted by Crippen LogP contribution is 2.32. The molecule has 1 unspecified atom stereocenters. The summed E-state index contributed by atoms with van der Waals surface area (Å²) >= 11 is -0.236. The number of thioether (sulfide) groups is 1. The van der Waals surface area contributed by atoms with E-state index >= 15 is 0 Å². The van der Waals surface area contributed by atoms with Crippen LogP contribution in [0.25, 0.3) is 0 Å². The molecule has 1 aromatic heterocycles. The van der Waals surface area contributed by atoms with Gasteiger partial charge < -0.3 is 4.90 Å². The Balaban J connectivity index is 1.89. The molecular weight excluding hydrogens is 371 g/mol. The van der Waals surface area contributed by atoms with Gasteiger partial charge in [0.1, 0.15) is 6.33 Å². The fraction of sp³-hybridized carbons (Fsp3) is 0.727. The number of aromatic amines is 1. The number of aromatic nitrogens is 3. The number of H-pyrrole nitrogens is 1. The molecule has 0 spiro atoms. The van der Waals surface area contributed by atoms with E-state index in [1.54, 1.807) is 0 Å². The third-order valence-corrected chi connectivity index (χ3v) is 6.17. The fourth-order valence-electron chi connectivity index (χ4n) is 2.19. The van der Waals surface area contributed by atoms with E-state index in [1.165, 1.54) is 11.8 Å². The number of piperazine rings is 1. The van der Waals surface area contributed by atoms with Crippen LogP contribution in [0.15, 0.2) is 11.5 Å². The van der Waals surface area contributed by atoms with Gasteiger partial charge in [0.15, 0.2) is 0 Å². The Morgan fingerprint density at radius 2 is 2.00 bits per heavy atom. The minimum Gasteiger partial charge on any atom is -0.340 e. The van der Waals surface area contributed by atoms with Crippen LogP contribution in [0.5, 0.6) is 0 Å². The molecule has 1 N–H and O–H groups in total. The summed E-state index contributed by atoms with van der Waals surface area (Å²) in [7, 11) is -3.80. The maximum atomic E-state index is 12.2. The Morgan fingerprint density at radius 3 is 2.50 bits per heavy atom. The van der Waals surface area contributed by atoms with Gasteiger partial charge in [0.25, 0.3) is 15.2 Å². The first-order valence-electron chi connectivity index (χ1n) is 6.96. The van der Waals surface area contributed by atoms with E-state index in [4.69, 9.17) is 0 Å². The summed E-state index contributed by atoms with van der Waals surface area (Å²) in [6.07, 6.45) is 1.08. The van der Waals surface area contributed by atoms with Crippen LogP contribution in [0.4, 0.5) is 13.2 Å². The molecule has 2 rings (SSSR count). The predicted molar refractivity (Wildman–Crippen MR) is 79.4 cm³/mol. The number of hydrogen-bond acceptors (Lipinski definition) is 6. The molecule has 8 nitrogen and oxygen atoms in total. The summed E-state index contributed by atoms with van der Waals surface area (Å²) < 4.78 is 62.2. The van der Waals surface area contributed by atoms with Crippen molar-refractivity contribution in [3.8, 4) is 0 Å². The fourth-order valence-corrected chi connectivity index (χ4v) is 4.01. The molecule has 0 aromatic carbocycles. The van der Waals surface area contributed by atoms with Gasteiger partial charge in [-0.3, -0.25) is 4.79 Å². The molecule has 1 aliphatic rings. The van der Waals surface area contributed by atoms with Crippen molar-refractivity contribution >= 4 is 27.7 Å². The Morgan fingerprint density at radius 1 is 1.38 bits per heavy atom. The topological polar surface area (TPSA) is 99.3 Å². The largest absolute Gasteiger partial charge is 0.441 e. The van der Waals surface area contributed by atoms with E-state index in [1.807, 2.05) is 0 Å². The average Bonchev–Trinajstić information content (AvgIpc) is 3.06. The highest BCUT2D eigenvalue weighted by molar-refractivity contribution is 8.00. The van der Waals surface area contributed by atoms with Crippen LogP contribution in [-0.2, 0) is 14.8 Å². The van der Waals surface area contributed by atoms with Crippen molar-refractivity contribution in [3.63, 3.8) is 0 Å². The standard InChI is InChI=1S/C11H16F3N5O3S2/c1-8(6-23-11(12,13)14)9(20)18-2-4-19(5-3-18)24(21,22)10-15-7-16-17-10/h7-8H,2-6H2,1H3,(H,15,16,17). The van der Waals surface area contributed by atoms with Crippen molar-refractivity contribution < 1.29 is 26.4 Å². The number of halogens is 3. The van der Waals surface area contributed by atoms with Gasteiger partial charge >= 0.3 is 5.51 Å². The highest BCUT2D eigenvalue weighted by Gasteiger charge is 2.34. The van der Waals surface area contributed by atoms with E-state index in [2.05, 4.69) is 15.2 Å². The molecular formula is C11H16F3N5O3S2. The van der Waals surface area contributed by atoms with Gasteiger partial charge in [0, 0.05) is 37.8 Å². The first kappa shape index (κ1) is 19.0. The van der Waals surface area contributed by atoms with Gasteiger partial charge in [-0.2, -0.15) is 22.6 Å². The average molecular weight is 387 g/mol. The quantitative estimate of drug-likeness (QED) is 0.791. The van der Waals surface area contributed by atoms with Crippen LogP contribution in [0.2, 0.25) is 0 Å². The second-order valence-electron chi connectivity index (χ2n) is 5.18. The summed E-state index contributed by atoms with van der Waals surface area (Å²) in [6.45, 7) is 1.76. The van der Waals surface area contributed by atoms with E-state index in [0.717, 1.165) is 10.6 Å². The SMILES string of the molecule is CC(CSC(F)(F)F)C(=O)N1CCN(S(=O)(=O)c2ncn[nH]2)CC1. The maximum Gasteiger partial charge on any atom is 0.441 e. The van der Waals surface area contributed by atoms with Crippen LogP contribution >= 0.6 is 11.8 Å². The van der Waals surface area contributed by atoms with E-state index in [-0.39, 0.29) is 48.9 Å². The number of hydrogen-bond donors (Lipinski definition) is 1. The molecule has 0 aliphatic carbocycles. The number of nitrogens with zero attached hydrogens (tertiary/aromatic N) is 4. The van der Waals surface area contributed by atoms with Crippen molar-refractivity contribution in [3.05, 3.63) is 6.33 Å². The van der Waals surface area contributed by atoms with E-state index in [0.29, 0.717) is 0 Å². The molecule has 1 amide bonds. The molecule has 1 aliphatic heterocycles. The number of rotatable bonds is 5. The molecule has 0 saturated carbocycles. The van der Waals surface area contributed by atoms with Gasteiger partial charge in [0.2, 0.25) is 5.91 Å². The van der Waals surface area contributed by atoms with Crippen LogP contribution in [0, 0.1) is 5.92 Å². The van der Waals surface area contributed by atoms with Crippen molar-refractivity contribution in [2.45, 2.75) is 17.6 Å². The maximum absolute atomic E-state index is 12.2. The molecule has 2 heterocycles. The lowest BCUT2D eigenvalue weighted by atomic mass is 10.2. The molecule has 1 aromatic rings. The Hall–Kier alpha value is -1.34. The van der Waals surface area contributed by atoms with E-state index in [9.17, 15) is 26.4 Å². The lowest BCUT2D eigenvalue weighted by Gasteiger charge is -2.34. The summed E-state index contributed by atoms with van der Waals surface area (Å²) in [5, 5.41) is 5.49. The molecule has 1 saturated heterocycles. The number of carbonyl (C=O) groups excluding carboxylic acids is 1. The highest BCUT2D eigenvalue weighted by atomic mass is 32.2. The molecule has 1 atom stereocenters. The molecule has 24 heavy (non-hydrogen) atoms. The summed E-state index contributed by atoms with van der Waals surface area (Å²) in [6, 6.07) is 0. The molecule has 0 bridgehead atoms. The summed E-state index contributed by atoms with van der Waals surface area (Å²) in [4.78, 5) is 17.1. The van der Waals surface area contributed by atoms with Gasteiger partial charge in [-0.05, 0) is 0 Å². The second-order valence-corrected chi connectivity index (χ2v) is 8.12. The number of carbonyl (C=O) groups is 1. The molecule has 0 radical (unpaired) electrons. The van der Waals surface area contributed by atoms with Crippen LogP contribution in [0.3, 0.4) is 0 Å². The van der Waals surface area contributed by atoms with Crippen LogP contribution in [-0.4, -0.2) is 76.2 Å². The van der Waals surface area contributed by atoms with Crippen molar-refractivity contribution in [1.29, 1.82) is 0 Å². The monoisotopic (exact) mass is 387 g/mol. The molecule has 136 valence electrons. The summed E-state index contributed by atoms with van der Waals surface area (Å²) in [5.41, 5.74) is -4.38. The summed E-state index contributed by atoms with van der Waals surface area (Å²) in [5.74, 6) is -1.57. The van der Waals surface area contributed by atoms with Crippen molar-refractivity contribution in [1.82, 2.24) is 24.4 Å². The second kappa shape index (κ2) is 7.27. The lowest BCUT2D eigenvalue weighted by Crippen LogP contribution is -2.52. The van der Waals surface area contributed by atoms with Crippen molar-refractivity contribution in [2.75, 3.05) is 31.9 Å². The first-order valence-corrected chi connectivity index (χ1v) is 9.39. The number of nitrogens with one attached hydrogen (secondary N) is 1. The third kappa shape index (κ3) is 4.60. The van der Waals surface area contributed by atoms with Crippen molar-refractivity contribution in [2.24, 2.45) is 5.92 Å². The molecule has 1 fully saturated rings. The predicted octanol–water partition coefficient (Wildman–Crippen LogP) is 0.527. The zero-order chi connectivity index (χ0) is 18.0. The van der Waals surface area contributed by atoms with Gasteiger partial charge in [-0.15, -0.1) is 0 Å². The normalized spacial score (nSPS) is 18.6. The van der Waals surface area contributed by atoms with Gasteiger partial charge in [-0.25, -0.2) is 18.5 Å². The smallest absolute Gasteiger partial charge is 0.340 e. The number of sulfonamides is 1. The van der Waals surface area contributed by atoms with Crippen LogP contribution < -0.4 is 0 Å². The number of amides is 1.